The van der Waals surface area contributed by atoms with E-state index in [9.17, 15) is 9.18 Å². The molecule has 0 bridgehead atoms. The molecule has 0 saturated carbocycles. The molecule has 0 unspecified atom stereocenters. The fraction of sp³-hybridized carbons (Fsp3) is 0.0714. The summed E-state index contributed by atoms with van der Waals surface area (Å²) in [5.74, 6) is -0.768. The van der Waals surface area contributed by atoms with E-state index in [2.05, 4.69) is 15.9 Å². The van der Waals surface area contributed by atoms with Gasteiger partial charge in [-0.05, 0) is 35.9 Å². The van der Waals surface area contributed by atoms with Crippen LogP contribution in [0.15, 0.2) is 51.8 Å². The summed E-state index contributed by atoms with van der Waals surface area (Å²) in [7, 11) is 0. The Bertz CT molecular complexity index is 616. The smallest absolute Gasteiger partial charge is 0.335 e. The van der Waals surface area contributed by atoms with Crippen LogP contribution in [-0.4, -0.2) is 11.1 Å². The zero-order chi connectivity index (χ0) is 13.8. The van der Waals surface area contributed by atoms with Gasteiger partial charge >= 0.3 is 5.97 Å². The van der Waals surface area contributed by atoms with Crippen LogP contribution in [0.25, 0.3) is 0 Å². The first-order valence-electron chi connectivity index (χ1n) is 5.46. The Labute approximate surface area is 122 Å². The van der Waals surface area contributed by atoms with Gasteiger partial charge in [-0.3, -0.25) is 0 Å². The van der Waals surface area contributed by atoms with E-state index in [-0.39, 0.29) is 11.4 Å². The Kier molecular flexibility index (Phi) is 4.61. The lowest BCUT2D eigenvalue weighted by atomic mass is 10.2. The fourth-order valence-electron chi connectivity index (χ4n) is 1.52. The van der Waals surface area contributed by atoms with Gasteiger partial charge in [0, 0.05) is 15.1 Å². The van der Waals surface area contributed by atoms with Crippen LogP contribution in [0.2, 0.25) is 0 Å². The average Bonchev–Trinajstić information content (AvgIpc) is 2.38. The summed E-state index contributed by atoms with van der Waals surface area (Å²) in [6.07, 6.45) is 0. The Morgan fingerprint density at radius 2 is 2.05 bits per heavy atom. The van der Waals surface area contributed by atoms with Crippen molar-refractivity contribution in [1.82, 2.24) is 0 Å². The Morgan fingerprint density at radius 1 is 1.26 bits per heavy atom. The van der Waals surface area contributed by atoms with Gasteiger partial charge in [0.25, 0.3) is 0 Å². The largest absolute Gasteiger partial charge is 0.478 e. The fourth-order valence-corrected chi connectivity index (χ4v) is 2.79. The van der Waals surface area contributed by atoms with Gasteiger partial charge < -0.3 is 5.11 Å². The summed E-state index contributed by atoms with van der Waals surface area (Å²) in [4.78, 5) is 11.7. The monoisotopic (exact) mass is 340 g/mol. The van der Waals surface area contributed by atoms with Crippen LogP contribution in [0, 0.1) is 5.82 Å². The molecule has 0 amide bonds. The molecular formula is C14H10BrFO2S. The molecule has 0 radical (unpaired) electrons. The lowest BCUT2D eigenvalue weighted by Gasteiger charge is -2.05. The molecule has 0 aliphatic heterocycles. The molecule has 0 heterocycles. The van der Waals surface area contributed by atoms with Gasteiger partial charge in [-0.25, -0.2) is 9.18 Å². The minimum absolute atomic E-state index is 0.237. The third-order valence-electron chi connectivity index (χ3n) is 2.49. The number of carboxylic acid groups (broad SMARTS) is 1. The van der Waals surface area contributed by atoms with Crippen LogP contribution in [0.1, 0.15) is 15.9 Å². The molecule has 19 heavy (non-hydrogen) atoms. The van der Waals surface area contributed by atoms with E-state index >= 15 is 0 Å². The van der Waals surface area contributed by atoms with Gasteiger partial charge in [-0.1, -0.05) is 28.1 Å². The number of hydrogen-bond acceptors (Lipinski definition) is 2. The van der Waals surface area contributed by atoms with Crippen LogP contribution in [0.5, 0.6) is 0 Å². The summed E-state index contributed by atoms with van der Waals surface area (Å²) in [6.45, 7) is 0. The highest BCUT2D eigenvalue weighted by molar-refractivity contribution is 9.10. The molecule has 5 heteroatoms. The van der Waals surface area contributed by atoms with Crippen molar-refractivity contribution in [2.45, 2.75) is 10.6 Å². The third-order valence-corrected chi connectivity index (χ3v) is 4.03. The molecule has 2 aromatic rings. The minimum Gasteiger partial charge on any atom is -0.478 e. The topological polar surface area (TPSA) is 37.3 Å². The van der Waals surface area contributed by atoms with Crippen molar-refractivity contribution in [1.29, 1.82) is 0 Å². The highest BCUT2D eigenvalue weighted by Gasteiger charge is 2.06. The molecule has 0 spiro atoms. The van der Waals surface area contributed by atoms with Crippen molar-refractivity contribution in [3.63, 3.8) is 0 Å². The van der Waals surface area contributed by atoms with Crippen LogP contribution < -0.4 is 0 Å². The lowest BCUT2D eigenvalue weighted by molar-refractivity contribution is 0.0696. The molecule has 0 aliphatic rings. The number of rotatable bonds is 4. The maximum Gasteiger partial charge on any atom is 0.335 e. The van der Waals surface area contributed by atoms with Crippen LogP contribution in [-0.2, 0) is 5.75 Å². The molecular weight excluding hydrogens is 331 g/mol. The molecule has 2 aromatic carbocycles. The van der Waals surface area contributed by atoms with E-state index in [4.69, 9.17) is 5.11 Å². The molecule has 0 saturated heterocycles. The van der Waals surface area contributed by atoms with Gasteiger partial charge in [-0.15, -0.1) is 11.8 Å². The van der Waals surface area contributed by atoms with Crippen molar-refractivity contribution in [2.75, 3.05) is 0 Å². The van der Waals surface area contributed by atoms with Crippen molar-refractivity contribution in [3.05, 3.63) is 63.9 Å². The summed E-state index contributed by atoms with van der Waals surface area (Å²) in [5.41, 5.74) is 0.829. The van der Waals surface area contributed by atoms with Crippen molar-refractivity contribution >= 4 is 33.7 Å². The highest BCUT2D eigenvalue weighted by Crippen LogP contribution is 2.26. The Balaban J connectivity index is 2.10. The van der Waals surface area contributed by atoms with E-state index in [1.807, 2.05) is 6.07 Å². The van der Waals surface area contributed by atoms with E-state index in [1.165, 1.54) is 23.9 Å². The number of aromatic carboxylic acids is 1. The Morgan fingerprint density at radius 3 is 2.74 bits per heavy atom. The standard InChI is InChI=1S/C14H10BrFO2S/c15-11-5-4-10(13(16)7-11)8-19-12-3-1-2-9(6-12)14(17)18/h1-7H,8H2,(H,17,18). The predicted octanol–water partition coefficient (Wildman–Crippen LogP) is 4.58. The number of thioether (sulfide) groups is 1. The molecule has 98 valence electrons. The molecule has 0 atom stereocenters. The number of carboxylic acids is 1. The number of halogens is 2. The van der Waals surface area contributed by atoms with Crippen molar-refractivity contribution < 1.29 is 14.3 Å². The molecule has 2 rings (SSSR count). The van der Waals surface area contributed by atoms with Crippen LogP contribution in [0.4, 0.5) is 4.39 Å². The van der Waals surface area contributed by atoms with Crippen LogP contribution in [0.3, 0.4) is 0 Å². The maximum absolute atomic E-state index is 13.6. The maximum atomic E-state index is 13.6. The first-order valence-corrected chi connectivity index (χ1v) is 7.24. The zero-order valence-corrected chi connectivity index (χ0v) is 12.2. The number of carbonyl (C=O) groups is 1. The summed E-state index contributed by atoms with van der Waals surface area (Å²) < 4.78 is 14.3. The molecule has 1 N–H and O–H groups in total. The van der Waals surface area contributed by atoms with Crippen LogP contribution >= 0.6 is 27.7 Å². The molecule has 0 fully saturated rings. The Hall–Kier alpha value is -1.33. The van der Waals surface area contributed by atoms with Gasteiger partial charge in [0.2, 0.25) is 0 Å². The average molecular weight is 341 g/mol. The van der Waals surface area contributed by atoms with E-state index < -0.39 is 5.97 Å². The van der Waals surface area contributed by atoms with Crippen molar-refractivity contribution in [3.8, 4) is 0 Å². The highest BCUT2D eigenvalue weighted by atomic mass is 79.9. The third kappa shape index (κ3) is 3.81. The van der Waals surface area contributed by atoms with Gasteiger partial charge in [0.05, 0.1) is 5.56 Å². The first-order chi connectivity index (χ1) is 9.06. The summed E-state index contributed by atoms with van der Waals surface area (Å²) >= 11 is 4.61. The number of hydrogen-bond donors (Lipinski definition) is 1. The first kappa shape index (κ1) is 14.1. The molecule has 2 nitrogen and oxygen atoms in total. The second-order valence-corrected chi connectivity index (χ2v) is 5.82. The zero-order valence-electron chi connectivity index (χ0n) is 9.77. The molecule has 0 aliphatic carbocycles. The van der Waals surface area contributed by atoms with Gasteiger partial charge in [-0.2, -0.15) is 0 Å². The normalized spacial score (nSPS) is 10.4. The minimum atomic E-state index is -0.961. The lowest BCUT2D eigenvalue weighted by Crippen LogP contribution is -1.95. The van der Waals surface area contributed by atoms with Crippen molar-refractivity contribution in [2.24, 2.45) is 0 Å². The quantitative estimate of drug-likeness (QED) is 0.827. The second kappa shape index (κ2) is 6.21. The summed E-state index contributed by atoms with van der Waals surface area (Å²) in [6, 6.07) is 11.5. The van der Waals surface area contributed by atoms with E-state index in [0.29, 0.717) is 15.8 Å². The summed E-state index contributed by atoms with van der Waals surface area (Å²) in [5, 5.41) is 8.89. The van der Waals surface area contributed by atoms with Gasteiger partial charge in [0.1, 0.15) is 5.82 Å². The van der Waals surface area contributed by atoms with Gasteiger partial charge in [0.15, 0.2) is 0 Å². The SMILES string of the molecule is O=C(O)c1cccc(SCc2ccc(Br)cc2F)c1. The predicted molar refractivity (Wildman–Crippen MR) is 77.1 cm³/mol. The number of benzene rings is 2. The second-order valence-electron chi connectivity index (χ2n) is 3.86. The van der Waals surface area contributed by atoms with E-state index in [1.54, 1.807) is 24.3 Å². The van der Waals surface area contributed by atoms with E-state index in [0.717, 1.165) is 4.90 Å². The molecule has 0 aromatic heterocycles.